The van der Waals surface area contributed by atoms with Crippen molar-refractivity contribution in [2.24, 2.45) is 5.73 Å². The van der Waals surface area contributed by atoms with Gasteiger partial charge in [-0.1, -0.05) is 6.08 Å². The summed E-state index contributed by atoms with van der Waals surface area (Å²) in [5.41, 5.74) is 5.07. The van der Waals surface area contributed by atoms with Crippen LogP contribution in [0.15, 0.2) is 12.7 Å². The van der Waals surface area contributed by atoms with E-state index in [2.05, 4.69) is 6.58 Å². The summed E-state index contributed by atoms with van der Waals surface area (Å²) in [5, 5.41) is 0. The van der Waals surface area contributed by atoms with E-state index in [9.17, 15) is 0 Å². The molecule has 0 atom stereocenters. The average Bonchev–Trinajstić information content (AvgIpc) is 1.63. The maximum atomic E-state index is 8.74. The zero-order valence-corrected chi connectivity index (χ0v) is 6.21. The van der Waals surface area contributed by atoms with E-state index in [1.807, 2.05) is 0 Å². The molecule has 5 nitrogen and oxygen atoms in total. The van der Waals surface area contributed by atoms with Crippen LogP contribution >= 0.6 is 0 Å². The van der Waals surface area contributed by atoms with Crippen molar-refractivity contribution in [1.82, 2.24) is 0 Å². The first-order valence-electron chi connectivity index (χ1n) is 2.42. The maximum absolute atomic E-state index is 8.74. The van der Waals surface area contributed by atoms with Gasteiger partial charge < -0.3 is 5.73 Å². The topological polar surface area (TPSA) is 101 Å². The van der Waals surface area contributed by atoms with Crippen LogP contribution in [0.2, 0.25) is 0 Å². The van der Waals surface area contributed by atoms with Crippen molar-refractivity contribution >= 4 is 10.4 Å². The van der Waals surface area contributed by atoms with Gasteiger partial charge >= 0.3 is 10.4 Å². The molecule has 0 radical (unpaired) electrons. The Kier molecular flexibility index (Phi) is 8.20. The van der Waals surface area contributed by atoms with Crippen LogP contribution in [0.5, 0.6) is 0 Å². The van der Waals surface area contributed by atoms with Crippen molar-refractivity contribution in [2.75, 3.05) is 6.54 Å². The highest BCUT2D eigenvalue weighted by atomic mass is 32.3. The molecule has 0 saturated heterocycles. The van der Waals surface area contributed by atoms with Gasteiger partial charge in [0.1, 0.15) is 0 Å². The SMILES string of the molecule is C=CCCN.O=S(=O)(O)O. The van der Waals surface area contributed by atoms with Crippen molar-refractivity contribution in [3.63, 3.8) is 0 Å². The van der Waals surface area contributed by atoms with Crippen LogP contribution in [0.1, 0.15) is 6.42 Å². The van der Waals surface area contributed by atoms with Crippen LogP contribution in [0.3, 0.4) is 0 Å². The Morgan fingerprint density at radius 3 is 1.80 bits per heavy atom. The molecule has 0 aliphatic rings. The Morgan fingerprint density at radius 2 is 1.80 bits per heavy atom. The van der Waals surface area contributed by atoms with Crippen molar-refractivity contribution < 1.29 is 17.5 Å². The summed E-state index contributed by atoms with van der Waals surface area (Å²) in [6, 6.07) is 0. The van der Waals surface area contributed by atoms with E-state index in [4.69, 9.17) is 23.3 Å². The highest BCUT2D eigenvalue weighted by Gasteiger charge is 1.84. The van der Waals surface area contributed by atoms with Crippen molar-refractivity contribution in [1.29, 1.82) is 0 Å². The van der Waals surface area contributed by atoms with Gasteiger partial charge in [-0.2, -0.15) is 8.42 Å². The Morgan fingerprint density at radius 1 is 1.50 bits per heavy atom. The average molecular weight is 169 g/mol. The predicted octanol–water partition coefficient (Wildman–Crippen LogP) is -0.132. The number of hydrogen-bond donors (Lipinski definition) is 3. The zero-order valence-electron chi connectivity index (χ0n) is 5.40. The third-order valence-electron chi connectivity index (χ3n) is 0.371. The van der Waals surface area contributed by atoms with Crippen LogP contribution in [0.25, 0.3) is 0 Å². The molecule has 62 valence electrons. The second kappa shape index (κ2) is 6.69. The van der Waals surface area contributed by atoms with Gasteiger partial charge in [-0.3, -0.25) is 9.11 Å². The molecular formula is C4H11NO4S. The molecule has 0 bridgehead atoms. The lowest BCUT2D eigenvalue weighted by molar-refractivity contribution is 0.381. The van der Waals surface area contributed by atoms with Gasteiger partial charge in [0.15, 0.2) is 0 Å². The van der Waals surface area contributed by atoms with Gasteiger partial charge in [0.05, 0.1) is 0 Å². The predicted molar refractivity (Wildman–Crippen MR) is 38.0 cm³/mol. The molecule has 0 aromatic heterocycles. The Balaban J connectivity index is 0. The molecule has 0 rings (SSSR count). The monoisotopic (exact) mass is 169 g/mol. The molecule has 0 aliphatic carbocycles. The first kappa shape index (κ1) is 12.3. The van der Waals surface area contributed by atoms with Gasteiger partial charge in [-0.05, 0) is 13.0 Å². The lowest BCUT2D eigenvalue weighted by atomic mass is 10.4. The molecule has 0 aromatic rings. The summed E-state index contributed by atoms with van der Waals surface area (Å²) in [7, 11) is -4.67. The fourth-order valence-electron chi connectivity index (χ4n) is 0.118. The van der Waals surface area contributed by atoms with Crippen LogP contribution < -0.4 is 5.73 Å². The van der Waals surface area contributed by atoms with E-state index >= 15 is 0 Å². The van der Waals surface area contributed by atoms with Crippen LogP contribution in [-0.4, -0.2) is 24.1 Å². The molecule has 0 aliphatic heterocycles. The van der Waals surface area contributed by atoms with Gasteiger partial charge in [-0.15, -0.1) is 6.58 Å². The molecule has 4 N–H and O–H groups in total. The number of rotatable bonds is 2. The fraction of sp³-hybridized carbons (Fsp3) is 0.500. The van der Waals surface area contributed by atoms with Crippen molar-refractivity contribution in [3.8, 4) is 0 Å². The first-order chi connectivity index (χ1) is 4.41. The minimum Gasteiger partial charge on any atom is -0.330 e. The molecular weight excluding hydrogens is 158 g/mol. The maximum Gasteiger partial charge on any atom is 0.394 e. The van der Waals surface area contributed by atoms with E-state index < -0.39 is 10.4 Å². The van der Waals surface area contributed by atoms with Gasteiger partial charge in [0.2, 0.25) is 0 Å². The van der Waals surface area contributed by atoms with Crippen LogP contribution in [-0.2, 0) is 10.4 Å². The second-order valence-corrected chi connectivity index (χ2v) is 2.21. The largest absolute Gasteiger partial charge is 0.394 e. The van der Waals surface area contributed by atoms with Crippen molar-refractivity contribution in [3.05, 3.63) is 12.7 Å². The summed E-state index contributed by atoms with van der Waals surface area (Å²) in [5.74, 6) is 0. The number of hydrogen-bond acceptors (Lipinski definition) is 3. The second-order valence-electron chi connectivity index (χ2n) is 1.31. The number of nitrogens with two attached hydrogens (primary N) is 1. The summed E-state index contributed by atoms with van der Waals surface area (Å²) in [6.45, 7) is 4.20. The van der Waals surface area contributed by atoms with Crippen LogP contribution in [0, 0.1) is 0 Å². The third-order valence-corrected chi connectivity index (χ3v) is 0.371. The molecule has 0 spiro atoms. The summed E-state index contributed by atoms with van der Waals surface area (Å²) < 4.78 is 31.6. The molecule has 10 heavy (non-hydrogen) atoms. The molecule has 0 aromatic carbocycles. The molecule has 0 unspecified atom stereocenters. The molecule has 0 heterocycles. The molecule has 0 fully saturated rings. The van der Waals surface area contributed by atoms with Crippen molar-refractivity contribution in [2.45, 2.75) is 6.42 Å². The van der Waals surface area contributed by atoms with E-state index in [1.165, 1.54) is 0 Å². The van der Waals surface area contributed by atoms with E-state index in [0.717, 1.165) is 13.0 Å². The van der Waals surface area contributed by atoms with Crippen LogP contribution in [0.4, 0.5) is 0 Å². The Labute approximate surface area is 60.1 Å². The lowest BCUT2D eigenvalue weighted by Crippen LogP contribution is -1.94. The first-order valence-corrected chi connectivity index (χ1v) is 3.82. The van der Waals surface area contributed by atoms with Gasteiger partial charge in [0, 0.05) is 0 Å². The third kappa shape index (κ3) is 133. The molecule has 0 saturated carbocycles. The molecule has 0 amide bonds. The van der Waals surface area contributed by atoms with Gasteiger partial charge in [-0.25, -0.2) is 0 Å². The molecule has 6 heteroatoms. The standard InChI is InChI=1S/C4H9N.H2O4S/c1-2-3-4-5;1-5(2,3)4/h2H,1,3-5H2;(H2,1,2,3,4). The van der Waals surface area contributed by atoms with E-state index in [1.54, 1.807) is 6.08 Å². The van der Waals surface area contributed by atoms with Gasteiger partial charge in [0.25, 0.3) is 0 Å². The van der Waals surface area contributed by atoms with E-state index in [-0.39, 0.29) is 0 Å². The van der Waals surface area contributed by atoms with E-state index in [0.29, 0.717) is 0 Å². The highest BCUT2D eigenvalue weighted by Crippen LogP contribution is 1.67. The quantitative estimate of drug-likeness (QED) is 0.395. The zero-order chi connectivity index (χ0) is 8.62. The summed E-state index contributed by atoms with van der Waals surface area (Å²) in [4.78, 5) is 0. The normalized spacial score (nSPS) is 9.50. The lowest BCUT2D eigenvalue weighted by Gasteiger charge is -1.74. The highest BCUT2D eigenvalue weighted by molar-refractivity contribution is 7.79. The minimum atomic E-state index is -4.67. The summed E-state index contributed by atoms with van der Waals surface area (Å²) in [6.07, 6.45) is 2.74. The fourth-order valence-corrected chi connectivity index (χ4v) is 0.118. The Hall–Kier alpha value is -0.430. The minimum absolute atomic E-state index is 0.726. The Bertz CT molecular complexity index is 154. The smallest absolute Gasteiger partial charge is 0.330 e. The summed E-state index contributed by atoms with van der Waals surface area (Å²) >= 11 is 0.